The second kappa shape index (κ2) is 7.31. The lowest BCUT2D eigenvalue weighted by Crippen LogP contribution is -2.36. The lowest BCUT2D eigenvalue weighted by Gasteiger charge is -2.27. The summed E-state index contributed by atoms with van der Waals surface area (Å²) in [7, 11) is 0. The standard InChI is InChI=1S/C18H15Cl2N3O3S/c1-27-18-21-13-4-5-23(7-11(13)16(24)22-18)8-12-15(20)10-6-9(19)2-3-14(10)26-17(12)25/h2-3,6H,4-5,7-8H2,1H3,(H,21,22,24). The van der Waals surface area contributed by atoms with E-state index in [1.54, 1.807) is 18.2 Å². The summed E-state index contributed by atoms with van der Waals surface area (Å²) in [5.74, 6) is 0. The van der Waals surface area contributed by atoms with Crippen LogP contribution in [0, 0.1) is 0 Å². The number of rotatable bonds is 3. The van der Waals surface area contributed by atoms with E-state index in [-0.39, 0.29) is 12.1 Å². The molecule has 6 nitrogen and oxygen atoms in total. The highest BCUT2D eigenvalue weighted by Gasteiger charge is 2.24. The molecule has 0 aliphatic carbocycles. The number of nitrogens with zero attached hydrogens (tertiary/aromatic N) is 2. The van der Waals surface area contributed by atoms with Crippen LogP contribution in [0.3, 0.4) is 0 Å². The highest BCUT2D eigenvalue weighted by atomic mass is 35.5. The summed E-state index contributed by atoms with van der Waals surface area (Å²) in [5, 5.41) is 2.06. The Kier molecular flexibility index (Phi) is 5.03. The molecule has 0 spiro atoms. The second-order valence-electron chi connectivity index (χ2n) is 6.28. The molecule has 0 radical (unpaired) electrons. The predicted molar refractivity (Wildman–Crippen MR) is 107 cm³/mol. The van der Waals surface area contributed by atoms with Gasteiger partial charge in [-0.1, -0.05) is 35.0 Å². The van der Waals surface area contributed by atoms with Crippen molar-refractivity contribution in [1.82, 2.24) is 14.9 Å². The van der Waals surface area contributed by atoms with Crippen LogP contribution < -0.4 is 11.2 Å². The molecular formula is C18H15Cl2N3O3S. The van der Waals surface area contributed by atoms with Gasteiger partial charge in [-0.05, 0) is 24.5 Å². The summed E-state index contributed by atoms with van der Waals surface area (Å²) < 4.78 is 5.39. The molecular weight excluding hydrogens is 409 g/mol. The number of halogens is 2. The highest BCUT2D eigenvalue weighted by Crippen LogP contribution is 2.29. The van der Waals surface area contributed by atoms with E-state index in [0.29, 0.717) is 56.8 Å². The molecule has 0 atom stereocenters. The average molecular weight is 424 g/mol. The maximum absolute atomic E-state index is 12.4. The Bertz CT molecular complexity index is 1160. The van der Waals surface area contributed by atoms with Crippen molar-refractivity contribution in [2.24, 2.45) is 0 Å². The SMILES string of the molecule is CSc1nc2c(c(=O)[nH]1)CN(Cc1c(Cl)c3cc(Cl)ccc3oc1=O)CC2. The Morgan fingerprint density at radius 2 is 2.15 bits per heavy atom. The monoisotopic (exact) mass is 423 g/mol. The zero-order chi connectivity index (χ0) is 19.1. The van der Waals surface area contributed by atoms with Gasteiger partial charge in [0, 0.05) is 36.5 Å². The fourth-order valence-corrected chi connectivity index (χ4v) is 4.08. The molecule has 27 heavy (non-hydrogen) atoms. The molecule has 1 aromatic carbocycles. The number of thioether (sulfide) groups is 1. The first-order valence-electron chi connectivity index (χ1n) is 8.25. The van der Waals surface area contributed by atoms with E-state index in [9.17, 15) is 9.59 Å². The lowest BCUT2D eigenvalue weighted by molar-refractivity contribution is 0.238. The number of H-pyrrole nitrogens is 1. The van der Waals surface area contributed by atoms with Gasteiger partial charge in [-0.3, -0.25) is 9.69 Å². The van der Waals surface area contributed by atoms with E-state index in [1.165, 1.54) is 11.8 Å². The van der Waals surface area contributed by atoms with Crippen LogP contribution in [0.15, 0.2) is 37.4 Å². The van der Waals surface area contributed by atoms with Crippen LogP contribution in [0.1, 0.15) is 16.8 Å². The molecule has 0 saturated carbocycles. The molecule has 3 aromatic rings. The predicted octanol–water partition coefficient (Wildman–Crippen LogP) is 3.46. The van der Waals surface area contributed by atoms with Gasteiger partial charge in [0.25, 0.3) is 5.56 Å². The van der Waals surface area contributed by atoms with Gasteiger partial charge in [0.05, 0.1) is 21.8 Å². The van der Waals surface area contributed by atoms with Crippen molar-refractivity contribution in [1.29, 1.82) is 0 Å². The van der Waals surface area contributed by atoms with Gasteiger partial charge in [0.1, 0.15) is 5.58 Å². The molecule has 1 N–H and O–H groups in total. The average Bonchev–Trinajstić information content (AvgIpc) is 2.66. The third kappa shape index (κ3) is 3.52. The maximum Gasteiger partial charge on any atom is 0.342 e. The van der Waals surface area contributed by atoms with Crippen molar-refractivity contribution < 1.29 is 4.42 Å². The first-order chi connectivity index (χ1) is 13.0. The third-order valence-electron chi connectivity index (χ3n) is 4.59. The Morgan fingerprint density at radius 1 is 1.33 bits per heavy atom. The van der Waals surface area contributed by atoms with Crippen LogP contribution in [0.2, 0.25) is 10.0 Å². The fourth-order valence-electron chi connectivity index (χ4n) is 3.22. The molecule has 0 amide bonds. The minimum atomic E-state index is -0.481. The summed E-state index contributed by atoms with van der Waals surface area (Å²) in [5.41, 5.74) is 1.57. The first-order valence-corrected chi connectivity index (χ1v) is 10.2. The second-order valence-corrected chi connectivity index (χ2v) is 7.89. The molecule has 9 heteroatoms. The number of nitrogens with one attached hydrogen (secondary N) is 1. The largest absolute Gasteiger partial charge is 0.422 e. The third-order valence-corrected chi connectivity index (χ3v) is 5.84. The van der Waals surface area contributed by atoms with Crippen LogP contribution in [0.25, 0.3) is 11.0 Å². The normalized spacial score (nSPS) is 14.5. The van der Waals surface area contributed by atoms with E-state index in [1.807, 2.05) is 11.2 Å². The summed E-state index contributed by atoms with van der Waals surface area (Å²) in [6.07, 6.45) is 2.50. The van der Waals surface area contributed by atoms with Gasteiger partial charge in [0.2, 0.25) is 0 Å². The van der Waals surface area contributed by atoms with Crippen molar-refractivity contribution in [3.05, 3.63) is 65.8 Å². The zero-order valence-electron chi connectivity index (χ0n) is 14.3. The summed E-state index contributed by atoms with van der Waals surface area (Å²) in [6, 6.07) is 4.95. The summed E-state index contributed by atoms with van der Waals surface area (Å²) >= 11 is 13.9. The van der Waals surface area contributed by atoms with Crippen LogP contribution in [-0.4, -0.2) is 27.7 Å². The molecule has 1 aliphatic heterocycles. The summed E-state index contributed by atoms with van der Waals surface area (Å²) in [4.78, 5) is 34.0. The minimum Gasteiger partial charge on any atom is -0.422 e. The maximum atomic E-state index is 12.4. The molecule has 4 rings (SSSR count). The summed E-state index contributed by atoms with van der Waals surface area (Å²) in [6.45, 7) is 1.35. The Labute approximate surface area is 168 Å². The fraction of sp³-hybridized carbons (Fsp3) is 0.278. The van der Waals surface area contributed by atoms with Gasteiger partial charge < -0.3 is 9.40 Å². The van der Waals surface area contributed by atoms with Gasteiger partial charge in [-0.15, -0.1) is 0 Å². The number of benzene rings is 1. The van der Waals surface area contributed by atoms with Gasteiger partial charge >= 0.3 is 5.63 Å². The van der Waals surface area contributed by atoms with E-state index < -0.39 is 5.63 Å². The number of aromatic nitrogens is 2. The van der Waals surface area contributed by atoms with Gasteiger partial charge in [-0.25, -0.2) is 9.78 Å². The molecule has 0 saturated heterocycles. The van der Waals surface area contributed by atoms with Crippen LogP contribution in [0.4, 0.5) is 0 Å². The van der Waals surface area contributed by atoms with E-state index in [2.05, 4.69) is 9.97 Å². The lowest BCUT2D eigenvalue weighted by atomic mass is 10.1. The van der Waals surface area contributed by atoms with Crippen LogP contribution >= 0.6 is 35.0 Å². The van der Waals surface area contributed by atoms with E-state index in [0.717, 1.165) is 5.69 Å². The molecule has 0 fully saturated rings. The van der Waals surface area contributed by atoms with Gasteiger partial charge in [-0.2, -0.15) is 0 Å². The molecule has 0 bridgehead atoms. The number of fused-ring (bicyclic) bond motifs is 2. The first kappa shape index (κ1) is 18.6. The molecule has 3 heterocycles. The molecule has 1 aliphatic rings. The quantitative estimate of drug-likeness (QED) is 0.394. The van der Waals surface area contributed by atoms with Crippen molar-refractivity contribution in [2.45, 2.75) is 24.7 Å². The van der Waals surface area contributed by atoms with E-state index in [4.69, 9.17) is 27.6 Å². The van der Waals surface area contributed by atoms with Crippen molar-refractivity contribution in [3.8, 4) is 0 Å². The Balaban J connectivity index is 1.68. The zero-order valence-corrected chi connectivity index (χ0v) is 16.7. The minimum absolute atomic E-state index is 0.141. The number of hydrogen-bond acceptors (Lipinski definition) is 6. The Hall–Kier alpha value is -1.80. The van der Waals surface area contributed by atoms with Crippen molar-refractivity contribution in [2.75, 3.05) is 12.8 Å². The van der Waals surface area contributed by atoms with E-state index >= 15 is 0 Å². The van der Waals surface area contributed by atoms with Crippen molar-refractivity contribution >= 4 is 45.9 Å². The van der Waals surface area contributed by atoms with Crippen LogP contribution in [-0.2, 0) is 19.5 Å². The number of aromatic amines is 1. The molecule has 0 unspecified atom stereocenters. The highest BCUT2D eigenvalue weighted by molar-refractivity contribution is 7.98. The van der Waals surface area contributed by atoms with Crippen LogP contribution in [0.5, 0.6) is 0 Å². The van der Waals surface area contributed by atoms with Gasteiger partial charge in [0.15, 0.2) is 5.16 Å². The van der Waals surface area contributed by atoms with Crippen molar-refractivity contribution in [3.63, 3.8) is 0 Å². The smallest absolute Gasteiger partial charge is 0.342 e. The topological polar surface area (TPSA) is 79.2 Å². The molecule has 140 valence electrons. The number of hydrogen-bond donors (Lipinski definition) is 1. The Morgan fingerprint density at radius 3 is 2.93 bits per heavy atom. The molecule has 2 aromatic heterocycles.